The highest BCUT2D eigenvalue weighted by molar-refractivity contribution is 5.30. The lowest BCUT2D eigenvalue weighted by Crippen LogP contribution is -2.36. The van der Waals surface area contributed by atoms with Crippen LogP contribution in [-0.2, 0) is 0 Å². The molecule has 16 heavy (non-hydrogen) atoms. The molecule has 2 atom stereocenters. The Balaban J connectivity index is 2.12. The number of phenols is 1. The molecular formula is C12H16FNO2. The van der Waals surface area contributed by atoms with Crippen LogP contribution in [0.25, 0.3) is 0 Å². The van der Waals surface area contributed by atoms with E-state index in [-0.39, 0.29) is 5.92 Å². The Bertz CT molecular complexity index is 379. The monoisotopic (exact) mass is 225 g/mol. The first-order valence-corrected chi connectivity index (χ1v) is 5.51. The lowest BCUT2D eigenvalue weighted by Gasteiger charge is -2.33. The first-order chi connectivity index (χ1) is 7.59. The fraction of sp³-hybridized carbons (Fsp3) is 0.500. The van der Waals surface area contributed by atoms with Crippen LogP contribution in [0.3, 0.4) is 0 Å². The number of hydrogen-bond acceptors (Lipinski definition) is 3. The highest BCUT2D eigenvalue weighted by Crippen LogP contribution is 2.34. The van der Waals surface area contributed by atoms with Crippen LogP contribution in [0, 0.1) is 11.7 Å². The number of benzene rings is 1. The predicted octanol–water partition coefficient (Wildman–Crippen LogP) is 1.69. The number of hydrogen-bond donors (Lipinski definition) is 3. The second-order valence-corrected chi connectivity index (χ2v) is 4.42. The van der Waals surface area contributed by atoms with Crippen LogP contribution < -0.4 is 5.73 Å². The van der Waals surface area contributed by atoms with Gasteiger partial charge in [0.05, 0.1) is 12.1 Å². The maximum absolute atomic E-state index is 13.1. The third-order valence-corrected chi connectivity index (χ3v) is 3.36. The zero-order valence-electron chi connectivity index (χ0n) is 8.94. The summed E-state index contributed by atoms with van der Waals surface area (Å²) in [6, 6.07) is 3.41. The van der Waals surface area contributed by atoms with Gasteiger partial charge in [0, 0.05) is 0 Å². The Hall–Kier alpha value is -1.13. The van der Waals surface area contributed by atoms with E-state index in [1.54, 1.807) is 6.07 Å². The zero-order chi connectivity index (χ0) is 11.7. The number of aliphatic hydroxyl groups excluding tert-OH is 1. The number of aromatic hydroxyl groups is 1. The van der Waals surface area contributed by atoms with E-state index in [1.807, 2.05) is 0 Å². The summed E-state index contributed by atoms with van der Waals surface area (Å²) in [6.07, 6.45) is 2.46. The van der Waals surface area contributed by atoms with Gasteiger partial charge < -0.3 is 15.9 Å². The van der Waals surface area contributed by atoms with Gasteiger partial charge in [-0.25, -0.2) is 4.39 Å². The summed E-state index contributed by atoms with van der Waals surface area (Å²) in [5.41, 5.74) is 6.39. The lowest BCUT2D eigenvalue weighted by atomic mass is 9.77. The molecule has 0 spiro atoms. The van der Waals surface area contributed by atoms with Gasteiger partial charge in [0.25, 0.3) is 0 Å². The van der Waals surface area contributed by atoms with E-state index in [2.05, 4.69) is 0 Å². The van der Waals surface area contributed by atoms with Crippen molar-refractivity contribution in [3.63, 3.8) is 0 Å². The number of phenolic OH excluding ortho intramolecular Hbond substituents is 1. The molecule has 1 aliphatic carbocycles. The molecule has 0 heterocycles. The maximum atomic E-state index is 13.1. The van der Waals surface area contributed by atoms with Gasteiger partial charge in [0.2, 0.25) is 0 Å². The molecule has 88 valence electrons. The van der Waals surface area contributed by atoms with Crippen LogP contribution in [0.4, 0.5) is 4.39 Å². The summed E-state index contributed by atoms with van der Waals surface area (Å²) in [5.74, 6) is -0.866. The quantitative estimate of drug-likeness (QED) is 0.733. The van der Waals surface area contributed by atoms with Crippen LogP contribution >= 0.6 is 0 Å². The maximum Gasteiger partial charge on any atom is 0.165 e. The Labute approximate surface area is 93.7 Å². The predicted molar refractivity (Wildman–Crippen MR) is 58.3 cm³/mol. The summed E-state index contributed by atoms with van der Waals surface area (Å²) in [7, 11) is 0. The first kappa shape index (κ1) is 11.4. The van der Waals surface area contributed by atoms with Crippen molar-refractivity contribution in [1.82, 2.24) is 0 Å². The zero-order valence-corrected chi connectivity index (χ0v) is 8.94. The van der Waals surface area contributed by atoms with Crippen LogP contribution in [0.1, 0.15) is 30.9 Å². The number of rotatable bonds is 3. The van der Waals surface area contributed by atoms with Gasteiger partial charge in [0.1, 0.15) is 0 Å². The molecule has 1 aromatic rings. The summed E-state index contributed by atoms with van der Waals surface area (Å²) < 4.78 is 13.1. The van der Waals surface area contributed by atoms with Gasteiger partial charge >= 0.3 is 0 Å². The van der Waals surface area contributed by atoms with Gasteiger partial charge in [-0.1, -0.05) is 12.5 Å². The Morgan fingerprint density at radius 1 is 1.38 bits per heavy atom. The SMILES string of the molecule is N[C@H](c1ccc(O)c(F)c1)[C@@H](O)C1CCC1. The minimum Gasteiger partial charge on any atom is -0.505 e. The molecule has 1 saturated carbocycles. The molecule has 1 fully saturated rings. The summed E-state index contributed by atoms with van der Waals surface area (Å²) in [5, 5.41) is 19.0. The fourth-order valence-corrected chi connectivity index (χ4v) is 2.00. The van der Waals surface area contributed by atoms with Crippen molar-refractivity contribution in [1.29, 1.82) is 0 Å². The van der Waals surface area contributed by atoms with Gasteiger partial charge in [-0.15, -0.1) is 0 Å². The Kier molecular flexibility index (Phi) is 3.12. The average molecular weight is 225 g/mol. The van der Waals surface area contributed by atoms with Crippen molar-refractivity contribution in [2.45, 2.75) is 31.4 Å². The molecule has 0 amide bonds. The molecule has 0 aromatic heterocycles. The van der Waals surface area contributed by atoms with Crippen molar-refractivity contribution in [3.8, 4) is 5.75 Å². The molecule has 0 unspecified atom stereocenters. The standard InChI is InChI=1S/C12H16FNO2/c13-9-6-8(4-5-10(9)15)11(14)12(16)7-2-1-3-7/h4-7,11-12,15-16H,1-3,14H2/t11-,12+/m1/s1. The van der Waals surface area contributed by atoms with Gasteiger partial charge in [-0.3, -0.25) is 0 Å². The van der Waals surface area contributed by atoms with Crippen LogP contribution in [-0.4, -0.2) is 16.3 Å². The highest BCUT2D eigenvalue weighted by atomic mass is 19.1. The molecule has 1 aliphatic rings. The van der Waals surface area contributed by atoms with Crippen molar-refractivity contribution in [2.75, 3.05) is 0 Å². The molecule has 2 rings (SSSR count). The Morgan fingerprint density at radius 3 is 2.56 bits per heavy atom. The smallest absolute Gasteiger partial charge is 0.165 e. The topological polar surface area (TPSA) is 66.5 Å². The summed E-state index contributed by atoms with van der Waals surface area (Å²) in [4.78, 5) is 0. The van der Waals surface area contributed by atoms with E-state index in [9.17, 15) is 9.50 Å². The molecule has 0 bridgehead atoms. The molecule has 1 aromatic carbocycles. The van der Waals surface area contributed by atoms with Crippen molar-refractivity contribution >= 4 is 0 Å². The number of aliphatic hydroxyl groups is 1. The lowest BCUT2D eigenvalue weighted by molar-refractivity contribution is 0.0413. The molecule has 4 heteroatoms. The molecule has 3 nitrogen and oxygen atoms in total. The summed E-state index contributed by atoms with van der Waals surface area (Å²) >= 11 is 0. The van der Waals surface area contributed by atoms with Gasteiger partial charge in [-0.2, -0.15) is 0 Å². The van der Waals surface area contributed by atoms with Crippen molar-refractivity contribution < 1.29 is 14.6 Å². The van der Waals surface area contributed by atoms with Crippen LogP contribution in [0.2, 0.25) is 0 Å². The third kappa shape index (κ3) is 2.03. The van der Waals surface area contributed by atoms with E-state index in [1.165, 1.54) is 12.1 Å². The Morgan fingerprint density at radius 2 is 2.06 bits per heavy atom. The van der Waals surface area contributed by atoms with Crippen LogP contribution in [0.5, 0.6) is 5.75 Å². The third-order valence-electron chi connectivity index (χ3n) is 3.36. The first-order valence-electron chi connectivity index (χ1n) is 5.51. The van der Waals surface area contributed by atoms with Gasteiger partial charge in [0.15, 0.2) is 11.6 Å². The van der Waals surface area contributed by atoms with Crippen molar-refractivity contribution in [2.24, 2.45) is 11.7 Å². The van der Waals surface area contributed by atoms with E-state index in [4.69, 9.17) is 10.8 Å². The van der Waals surface area contributed by atoms with Gasteiger partial charge in [-0.05, 0) is 36.5 Å². The number of halogens is 1. The minimum absolute atomic E-state index is 0.229. The minimum atomic E-state index is -0.700. The normalized spacial score (nSPS) is 20.2. The average Bonchev–Trinajstić information content (AvgIpc) is 2.18. The van der Waals surface area contributed by atoms with Crippen molar-refractivity contribution in [3.05, 3.63) is 29.6 Å². The highest BCUT2D eigenvalue weighted by Gasteiger charge is 2.30. The molecule has 0 radical (unpaired) electrons. The fourth-order valence-electron chi connectivity index (χ4n) is 2.00. The number of nitrogens with two attached hydrogens (primary N) is 1. The van der Waals surface area contributed by atoms with Crippen LogP contribution in [0.15, 0.2) is 18.2 Å². The van der Waals surface area contributed by atoms with E-state index >= 15 is 0 Å². The molecule has 4 N–H and O–H groups in total. The van der Waals surface area contributed by atoms with E-state index < -0.39 is 23.7 Å². The largest absolute Gasteiger partial charge is 0.505 e. The second kappa shape index (κ2) is 4.39. The molecular weight excluding hydrogens is 209 g/mol. The second-order valence-electron chi connectivity index (χ2n) is 4.42. The molecule has 0 aliphatic heterocycles. The van der Waals surface area contributed by atoms with E-state index in [0.29, 0.717) is 5.56 Å². The van der Waals surface area contributed by atoms with E-state index in [0.717, 1.165) is 19.3 Å². The summed E-state index contributed by atoms with van der Waals surface area (Å²) in [6.45, 7) is 0. The molecule has 0 saturated heterocycles.